The molecule has 1 heterocycles. The Morgan fingerprint density at radius 2 is 1.88 bits per heavy atom. The Balaban J connectivity index is 1.91. The topological polar surface area (TPSA) is 85.4 Å². The van der Waals surface area contributed by atoms with Gasteiger partial charge in [0.25, 0.3) is 5.91 Å². The zero-order valence-electron chi connectivity index (χ0n) is 20.0. The Bertz CT molecular complexity index is 966. The molecular weight excluding hydrogens is 420 g/mol. The molecule has 8 heteroatoms. The van der Waals surface area contributed by atoms with E-state index in [0.717, 1.165) is 11.4 Å². The van der Waals surface area contributed by atoms with E-state index < -0.39 is 0 Å². The zero-order chi connectivity index (χ0) is 24.1. The van der Waals surface area contributed by atoms with Crippen LogP contribution >= 0.6 is 0 Å². The smallest absolute Gasteiger partial charge is 0.321 e. The van der Waals surface area contributed by atoms with Crippen LogP contribution in [0, 0.1) is 5.92 Å². The molecular formula is C25H34N4O4. The summed E-state index contributed by atoms with van der Waals surface area (Å²) in [6.45, 7) is 4.44. The van der Waals surface area contributed by atoms with E-state index in [-0.39, 0.29) is 36.6 Å². The van der Waals surface area contributed by atoms with Crippen molar-refractivity contribution >= 4 is 23.3 Å². The lowest BCUT2D eigenvalue weighted by atomic mass is 9.99. The van der Waals surface area contributed by atoms with E-state index in [0.29, 0.717) is 24.4 Å². The summed E-state index contributed by atoms with van der Waals surface area (Å²) in [7, 11) is 5.52. The van der Waals surface area contributed by atoms with Crippen molar-refractivity contribution in [3.8, 4) is 5.75 Å². The molecule has 8 nitrogen and oxygen atoms in total. The fraction of sp³-hybridized carbons (Fsp3) is 0.440. The lowest BCUT2D eigenvalue weighted by Crippen LogP contribution is -2.50. The van der Waals surface area contributed by atoms with Gasteiger partial charge in [-0.05, 0) is 31.2 Å². The first-order valence-electron chi connectivity index (χ1n) is 11.2. The maximum Gasteiger partial charge on any atom is 0.321 e. The quantitative estimate of drug-likeness (QED) is 0.701. The maximum absolute atomic E-state index is 13.4. The van der Waals surface area contributed by atoms with Gasteiger partial charge in [0.1, 0.15) is 6.10 Å². The number of carbonyl (C=O) groups excluding carboxylic acids is 2. The van der Waals surface area contributed by atoms with Crippen molar-refractivity contribution in [3.05, 3.63) is 54.1 Å². The summed E-state index contributed by atoms with van der Waals surface area (Å²) >= 11 is 0. The number of carbonyl (C=O) groups is 2. The molecule has 0 saturated carbocycles. The molecule has 0 aliphatic carbocycles. The molecule has 0 saturated heterocycles. The van der Waals surface area contributed by atoms with Gasteiger partial charge >= 0.3 is 6.03 Å². The second kappa shape index (κ2) is 10.6. The van der Waals surface area contributed by atoms with Crippen LogP contribution in [-0.4, -0.2) is 79.8 Å². The first-order chi connectivity index (χ1) is 15.7. The Labute approximate surface area is 195 Å². The van der Waals surface area contributed by atoms with E-state index in [9.17, 15) is 14.7 Å². The summed E-state index contributed by atoms with van der Waals surface area (Å²) < 4.78 is 6.47. The summed E-state index contributed by atoms with van der Waals surface area (Å²) in [6, 6.07) is 14.2. The normalized spacial score (nSPS) is 19.0. The third-order valence-electron chi connectivity index (χ3n) is 5.98. The van der Waals surface area contributed by atoms with Crippen molar-refractivity contribution in [2.45, 2.75) is 26.0 Å². The van der Waals surface area contributed by atoms with Crippen molar-refractivity contribution in [3.63, 3.8) is 0 Å². The molecule has 1 aliphatic heterocycles. The van der Waals surface area contributed by atoms with Crippen molar-refractivity contribution < 1.29 is 19.4 Å². The minimum atomic E-state index is -0.363. The molecule has 0 fully saturated rings. The van der Waals surface area contributed by atoms with Crippen molar-refractivity contribution in [2.24, 2.45) is 5.92 Å². The molecule has 0 spiro atoms. The van der Waals surface area contributed by atoms with Gasteiger partial charge in [0, 0.05) is 39.3 Å². The minimum absolute atomic E-state index is 0.0849. The molecule has 0 unspecified atom stereocenters. The van der Waals surface area contributed by atoms with E-state index in [4.69, 9.17) is 4.74 Å². The van der Waals surface area contributed by atoms with Gasteiger partial charge in [0.05, 0.1) is 30.4 Å². The SMILES string of the molecule is C[C@H]1CN([C@@H](C)CO)C(=O)c2cccc(N(C)C)c2O[C@@H]1CN(C)C(=O)Nc1ccccc1. The molecule has 178 valence electrons. The van der Waals surface area contributed by atoms with Crippen LogP contribution < -0.4 is 15.0 Å². The number of fused-ring (bicyclic) bond motifs is 1. The van der Waals surface area contributed by atoms with E-state index in [1.54, 1.807) is 22.9 Å². The number of aliphatic hydroxyl groups is 1. The van der Waals surface area contributed by atoms with Crippen LogP contribution in [-0.2, 0) is 0 Å². The maximum atomic E-state index is 13.4. The largest absolute Gasteiger partial charge is 0.485 e. The highest BCUT2D eigenvalue weighted by molar-refractivity contribution is 5.99. The number of ether oxygens (including phenoxy) is 1. The van der Waals surface area contributed by atoms with E-state index >= 15 is 0 Å². The Kier molecular flexibility index (Phi) is 7.81. The molecule has 2 aromatic rings. The summed E-state index contributed by atoms with van der Waals surface area (Å²) in [5.41, 5.74) is 1.96. The van der Waals surface area contributed by atoms with Crippen molar-refractivity contribution in [1.29, 1.82) is 0 Å². The molecule has 0 radical (unpaired) electrons. The van der Waals surface area contributed by atoms with Crippen molar-refractivity contribution in [2.75, 3.05) is 51.1 Å². The van der Waals surface area contributed by atoms with Gasteiger partial charge in [-0.1, -0.05) is 31.2 Å². The van der Waals surface area contributed by atoms with Crippen LogP contribution in [0.15, 0.2) is 48.5 Å². The Morgan fingerprint density at radius 1 is 1.18 bits per heavy atom. The highest BCUT2D eigenvalue weighted by atomic mass is 16.5. The average Bonchev–Trinajstić information content (AvgIpc) is 2.80. The van der Waals surface area contributed by atoms with Crippen LogP contribution in [0.4, 0.5) is 16.2 Å². The summed E-state index contributed by atoms with van der Waals surface area (Å²) in [6.07, 6.45) is -0.363. The Hall–Kier alpha value is -3.26. The zero-order valence-corrected chi connectivity index (χ0v) is 20.0. The molecule has 33 heavy (non-hydrogen) atoms. The van der Waals surface area contributed by atoms with Crippen LogP contribution in [0.2, 0.25) is 0 Å². The van der Waals surface area contributed by atoms with E-state index in [1.165, 1.54) is 0 Å². The number of hydrogen-bond acceptors (Lipinski definition) is 5. The first kappa shape index (κ1) is 24.4. The molecule has 1 aliphatic rings. The van der Waals surface area contributed by atoms with Gasteiger partial charge in [0.15, 0.2) is 5.75 Å². The highest BCUT2D eigenvalue weighted by Gasteiger charge is 2.35. The number of aliphatic hydroxyl groups excluding tert-OH is 1. The fourth-order valence-corrected chi connectivity index (χ4v) is 3.89. The van der Waals surface area contributed by atoms with Gasteiger partial charge < -0.3 is 29.9 Å². The van der Waals surface area contributed by atoms with Crippen LogP contribution in [0.1, 0.15) is 24.2 Å². The molecule has 2 aromatic carbocycles. The number of hydrogen-bond donors (Lipinski definition) is 2. The number of nitrogens with one attached hydrogen (secondary N) is 1. The summed E-state index contributed by atoms with van der Waals surface area (Å²) in [4.78, 5) is 31.4. The van der Waals surface area contributed by atoms with E-state index in [1.807, 2.05) is 75.3 Å². The number of rotatable bonds is 6. The number of amides is 3. The van der Waals surface area contributed by atoms with Gasteiger partial charge in [-0.2, -0.15) is 0 Å². The summed E-state index contributed by atoms with van der Waals surface area (Å²) in [5, 5.41) is 12.7. The highest BCUT2D eigenvalue weighted by Crippen LogP contribution is 2.36. The molecule has 0 aromatic heterocycles. The third-order valence-corrected chi connectivity index (χ3v) is 5.98. The van der Waals surface area contributed by atoms with Crippen LogP contribution in [0.5, 0.6) is 5.75 Å². The average molecular weight is 455 g/mol. The lowest BCUT2D eigenvalue weighted by molar-refractivity contribution is 0.0372. The number of likely N-dealkylation sites (N-methyl/N-ethyl adjacent to an activating group) is 1. The number of nitrogens with zero attached hydrogens (tertiary/aromatic N) is 3. The van der Waals surface area contributed by atoms with Gasteiger partial charge in [-0.3, -0.25) is 4.79 Å². The van der Waals surface area contributed by atoms with Crippen molar-refractivity contribution in [1.82, 2.24) is 9.80 Å². The Morgan fingerprint density at radius 3 is 2.52 bits per heavy atom. The second-order valence-corrected chi connectivity index (χ2v) is 8.85. The predicted octanol–water partition coefficient (Wildman–Crippen LogP) is 3.14. The second-order valence-electron chi connectivity index (χ2n) is 8.85. The van der Waals surface area contributed by atoms with Gasteiger partial charge in [-0.25, -0.2) is 4.79 Å². The molecule has 3 atom stereocenters. The number of benzene rings is 2. The number of urea groups is 1. The first-order valence-corrected chi connectivity index (χ1v) is 11.2. The van der Waals surface area contributed by atoms with Gasteiger partial charge in [-0.15, -0.1) is 0 Å². The molecule has 2 N–H and O–H groups in total. The van der Waals surface area contributed by atoms with Gasteiger partial charge in [0.2, 0.25) is 0 Å². The minimum Gasteiger partial charge on any atom is -0.485 e. The predicted molar refractivity (Wildman–Crippen MR) is 130 cm³/mol. The fourth-order valence-electron chi connectivity index (χ4n) is 3.89. The molecule has 3 amide bonds. The van der Waals surface area contributed by atoms with E-state index in [2.05, 4.69) is 5.32 Å². The summed E-state index contributed by atoms with van der Waals surface area (Å²) in [5.74, 6) is 0.241. The molecule has 3 rings (SSSR count). The number of anilines is 2. The monoisotopic (exact) mass is 454 g/mol. The number of para-hydroxylation sites is 2. The third kappa shape index (κ3) is 5.57. The van der Waals surface area contributed by atoms with Crippen LogP contribution in [0.25, 0.3) is 0 Å². The standard InChI is InChI=1S/C25H34N4O4/c1-17-14-29(18(2)16-30)24(31)20-12-9-13-21(27(3)4)23(20)33-22(17)15-28(5)25(32)26-19-10-7-6-8-11-19/h6-13,17-18,22,30H,14-16H2,1-5H3,(H,26,32)/t17-,18-,22+/m0/s1. The lowest BCUT2D eigenvalue weighted by Gasteiger charge is -2.39. The molecule has 0 bridgehead atoms. The van der Waals surface area contributed by atoms with Crippen LogP contribution in [0.3, 0.4) is 0 Å².